The highest BCUT2D eigenvalue weighted by molar-refractivity contribution is 5.80. The number of para-hydroxylation sites is 2. The van der Waals surface area contributed by atoms with Crippen LogP contribution in [-0.2, 0) is 11.3 Å². The molecule has 1 aliphatic carbocycles. The van der Waals surface area contributed by atoms with E-state index in [9.17, 15) is 4.79 Å². The highest BCUT2D eigenvalue weighted by Gasteiger charge is 2.28. The number of nitrogens with zero attached hydrogens (tertiary/aromatic N) is 3. The molecule has 158 valence electrons. The van der Waals surface area contributed by atoms with Crippen LogP contribution in [0.25, 0.3) is 11.0 Å². The van der Waals surface area contributed by atoms with Gasteiger partial charge in [-0.1, -0.05) is 38.3 Å². The maximum absolute atomic E-state index is 12.5. The smallest absolute Gasteiger partial charge is 0.223 e. The van der Waals surface area contributed by atoms with Crippen LogP contribution < -0.4 is 10.2 Å². The van der Waals surface area contributed by atoms with Gasteiger partial charge in [-0.3, -0.25) is 4.79 Å². The van der Waals surface area contributed by atoms with Crippen LogP contribution in [0, 0.1) is 11.8 Å². The SMILES string of the molecule is CCC(C)NC(=O)C1CCN(c2nc3ccccc3n2CC2CCCCC2)CC1. The van der Waals surface area contributed by atoms with Gasteiger partial charge in [0.25, 0.3) is 0 Å². The number of aromatic nitrogens is 2. The minimum Gasteiger partial charge on any atom is -0.353 e. The Morgan fingerprint density at radius 1 is 1.14 bits per heavy atom. The van der Waals surface area contributed by atoms with Crippen molar-refractivity contribution in [2.45, 2.75) is 77.8 Å². The Morgan fingerprint density at radius 3 is 2.59 bits per heavy atom. The number of anilines is 1. The number of hydrogen-bond acceptors (Lipinski definition) is 3. The monoisotopic (exact) mass is 396 g/mol. The molecule has 2 aliphatic rings. The molecule has 5 heteroatoms. The zero-order valence-electron chi connectivity index (χ0n) is 18.1. The number of hydrogen-bond donors (Lipinski definition) is 1. The lowest BCUT2D eigenvalue weighted by molar-refractivity contribution is -0.126. The highest BCUT2D eigenvalue weighted by Crippen LogP contribution is 2.31. The number of benzene rings is 1. The maximum Gasteiger partial charge on any atom is 0.223 e. The minimum atomic E-state index is 0.136. The molecular formula is C24H36N4O. The number of nitrogens with one attached hydrogen (secondary N) is 1. The van der Waals surface area contributed by atoms with Crippen molar-refractivity contribution in [2.24, 2.45) is 11.8 Å². The third-order valence-corrected chi connectivity index (χ3v) is 6.95. The average molecular weight is 397 g/mol. The van der Waals surface area contributed by atoms with Gasteiger partial charge in [-0.2, -0.15) is 0 Å². The average Bonchev–Trinajstić information content (AvgIpc) is 3.13. The molecule has 1 amide bonds. The van der Waals surface area contributed by atoms with Crippen LogP contribution in [0.15, 0.2) is 24.3 Å². The molecule has 1 aromatic carbocycles. The molecule has 0 bridgehead atoms. The van der Waals surface area contributed by atoms with Crippen molar-refractivity contribution >= 4 is 22.9 Å². The van der Waals surface area contributed by atoms with E-state index in [1.165, 1.54) is 37.6 Å². The second-order valence-corrected chi connectivity index (χ2v) is 9.09. The zero-order valence-corrected chi connectivity index (χ0v) is 18.1. The molecule has 0 spiro atoms. The van der Waals surface area contributed by atoms with Crippen LogP contribution in [0.1, 0.15) is 65.2 Å². The number of carbonyl (C=O) groups excluding carboxylic acids is 1. The van der Waals surface area contributed by atoms with E-state index in [1.54, 1.807) is 0 Å². The van der Waals surface area contributed by atoms with Crippen molar-refractivity contribution in [3.8, 4) is 0 Å². The lowest BCUT2D eigenvalue weighted by Gasteiger charge is -2.33. The van der Waals surface area contributed by atoms with Gasteiger partial charge in [0.05, 0.1) is 11.0 Å². The van der Waals surface area contributed by atoms with Crippen LogP contribution in [0.2, 0.25) is 0 Å². The van der Waals surface area contributed by atoms with E-state index in [4.69, 9.17) is 4.98 Å². The predicted molar refractivity (Wildman–Crippen MR) is 119 cm³/mol. The molecule has 1 N–H and O–H groups in total. The summed E-state index contributed by atoms with van der Waals surface area (Å²) in [5.41, 5.74) is 2.35. The normalized spacial score (nSPS) is 20.1. The van der Waals surface area contributed by atoms with E-state index >= 15 is 0 Å². The number of fused-ring (bicyclic) bond motifs is 1. The van der Waals surface area contributed by atoms with Gasteiger partial charge in [-0.25, -0.2) is 4.98 Å². The lowest BCUT2D eigenvalue weighted by atomic mass is 9.89. The number of piperidine rings is 1. The van der Waals surface area contributed by atoms with E-state index in [2.05, 4.69) is 52.9 Å². The molecule has 1 saturated carbocycles. The van der Waals surface area contributed by atoms with Gasteiger partial charge in [0.1, 0.15) is 0 Å². The summed E-state index contributed by atoms with van der Waals surface area (Å²) in [5, 5.41) is 3.16. The number of amides is 1. The summed E-state index contributed by atoms with van der Waals surface area (Å²) in [4.78, 5) is 20.0. The molecule has 1 unspecified atom stereocenters. The fourth-order valence-electron chi connectivity index (χ4n) is 4.92. The first kappa shape index (κ1) is 20.2. The maximum atomic E-state index is 12.5. The van der Waals surface area contributed by atoms with Crippen LogP contribution in [0.5, 0.6) is 0 Å². The van der Waals surface area contributed by atoms with Gasteiger partial charge in [-0.15, -0.1) is 0 Å². The first-order valence-corrected chi connectivity index (χ1v) is 11.7. The summed E-state index contributed by atoms with van der Waals surface area (Å²) in [5.74, 6) is 2.24. The van der Waals surface area contributed by atoms with Crippen LogP contribution in [0.4, 0.5) is 5.95 Å². The van der Waals surface area contributed by atoms with Crippen molar-refractivity contribution in [2.75, 3.05) is 18.0 Å². The molecule has 5 nitrogen and oxygen atoms in total. The summed E-state index contributed by atoms with van der Waals surface area (Å²) in [7, 11) is 0. The topological polar surface area (TPSA) is 50.2 Å². The molecule has 4 rings (SSSR count). The summed E-state index contributed by atoms with van der Waals surface area (Å²) < 4.78 is 2.46. The Labute approximate surface area is 174 Å². The Balaban J connectivity index is 1.49. The zero-order chi connectivity index (χ0) is 20.2. The highest BCUT2D eigenvalue weighted by atomic mass is 16.1. The molecule has 1 aromatic heterocycles. The lowest BCUT2D eigenvalue weighted by Crippen LogP contribution is -2.43. The van der Waals surface area contributed by atoms with Crippen molar-refractivity contribution in [1.29, 1.82) is 0 Å². The Bertz CT molecular complexity index is 815. The van der Waals surface area contributed by atoms with Gasteiger partial charge in [0.15, 0.2) is 0 Å². The van der Waals surface area contributed by atoms with Crippen LogP contribution in [-0.4, -0.2) is 34.6 Å². The van der Waals surface area contributed by atoms with Gasteiger partial charge in [0.2, 0.25) is 11.9 Å². The quantitative estimate of drug-likeness (QED) is 0.767. The van der Waals surface area contributed by atoms with Gasteiger partial charge in [0, 0.05) is 31.6 Å². The van der Waals surface area contributed by atoms with Crippen molar-refractivity contribution < 1.29 is 4.79 Å². The van der Waals surface area contributed by atoms with Gasteiger partial charge < -0.3 is 14.8 Å². The number of carbonyl (C=O) groups is 1. The molecule has 1 saturated heterocycles. The molecule has 2 fully saturated rings. The number of imidazole rings is 1. The summed E-state index contributed by atoms with van der Waals surface area (Å²) in [6, 6.07) is 8.80. The molecular weight excluding hydrogens is 360 g/mol. The van der Waals surface area contributed by atoms with Crippen molar-refractivity contribution in [3.05, 3.63) is 24.3 Å². The fourth-order valence-corrected chi connectivity index (χ4v) is 4.92. The minimum absolute atomic E-state index is 0.136. The second-order valence-electron chi connectivity index (χ2n) is 9.09. The Morgan fingerprint density at radius 2 is 1.86 bits per heavy atom. The van der Waals surface area contributed by atoms with Crippen LogP contribution in [0.3, 0.4) is 0 Å². The van der Waals surface area contributed by atoms with E-state index in [0.717, 1.165) is 56.3 Å². The third-order valence-electron chi connectivity index (χ3n) is 6.95. The predicted octanol–water partition coefficient (Wildman–Crippen LogP) is 4.75. The van der Waals surface area contributed by atoms with Crippen molar-refractivity contribution in [3.63, 3.8) is 0 Å². The Hall–Kier alpha value is -2.04. The number of rotatable bonds is 6. The van der Waals surface area contributed by atoms with E-state index in [-0.39, 0.29) is 17.9 Å². The first-order valence-electron chi connectivity index (χ1n) is 11.7. The molecule has 1 atom stereocenters. The van der Waals surface area contributed by atoms with E-state index in [0.29, 0.717) is 0 Å². The summed E-state index contributed by atoms with van der Waals surface area (Å²) in [6.45, 7) is 7.09. The second kappa shape index (κ2) is 9.19. The summed E-state index contributed by atoms with van der Waals surface area (Å²) in [6.07, 6.45) is 9.60. The largest absolute Gasteiger partial charge is 0.353 e. The molecule has 0 radical (unpaired) electrons. The third kappa shape index (κ3) is 4.59. The molecule has 2 heterocycles. The van der Waals surface area contributed by atoms with Crippen molar-refractivity contribution in [1.82, 2.24) is 14.9 Å². The van der Waals surface area contributed by atoms with Gasteiger partial charge >= 0.3 is 0 Å². The Kier molecular flexibility index (Phi) is 6.41. The summed E-state index contributed by atoms with van der Waals surface area (Å²) >= 11 is 0. The standard InChI is InChI=1S/C24H36N4O/c1-3-18(2)25-23(29)20-13-15-27(16-14-20)24-26-21-11-7-8-12-22(21)28(24)17-19-9-5-4-6-10-19/h7-8,11-12,18-20H,3-6,9-10,13-17H2,1-2H3,(H,25,29). The molecule has 29 heavy (non-hydrogen) atoms. The first-order chi connectivity index (χ1) is 14.2. The van der Waals surface area contributed by atoms with E-state index < -0.39 is 0 Å². The molecule has 2 aromatic rings. The van der Waals surface area contributed by atoms with Gasteiger partial charge in [-0.05, 0) is 57.1 Å². The van der Waals surface area contributed by atoms with E-state index in [1.807, 2.05) is 0 Å². The molecule has 1 aliphatic heterocycles. The fraction of sp³-hybridized carbons (Fsp3) is 0.667. The van der Waals surface area contributed by atoms with Crippen LogP contribution >= 0.6 is 0 Å².